The highest BCUT2D eigenvalue weighted by atomic mass is 35.5. The number of carbonyl (C=O) groups is 1. The van der Waals surface area contributed by atoms with Gasteiger partial charge in [-0.05, 0) is 87.4 Å². The van der Waals surface area contributed by atoms with Crippen LogP contribution in [-0.4, -0.2) is 73.0 Å². The maximum Gasteiger partial charge on any atom is 0.416 e. The van der Waals surface area contributed by atoms with Gasteiger partial charge in [0.15, 0.2) is 0 Å². The molecule has 1 aliphatic rings. The highest BCUT2D eigenvalue weighted by Crippen LogP contribution is 2.35. The van der Waals surface area contributed by atoms with Crippen molar-refractivity contribution >= 4 is 36.1 Å². The van der Waals surface area contributed by atoms with Gasteiger partial charge in [-0.1, -0.05) is 25.4 Å². The minimum absolute atomic E-state index is 0.0293. The first-order valence-electron chi connectivity index (χ1n) is 13.4. The van der Waals surface area contributed by atoms with Crippen LogP contribution in [0.15, 0.2) is 40.7 Å². The van der Waals surface area contributed by atoms with E-state index in [-0.39, 0.29) is 47.8 Å². The van der Waals surface area contributed by atoms with E-state index in [0.29, 0.717) is 36.9 Å². The number of guanidine groups is 1. The third kappa shape index (κ3) is 8.27. The second kappa shape index (κ2) is 13.9. The van der Waals surface area contributed by atoms with Crippen molar-refractivity contribution in [2.24, 2.45) is 9.98 Å². The number of benzene rings is 1. The molecule has 1 fully saturated rings. The van der Waals surface area contributed by atoms with Crippen molar-refractivity contribution in [3.63, 3.8) is 0 Å². The summed E-state index contributed by atoms with van der Waals surface area (Å²) >= 11 is 6.11. The fourth-order valence-corrected chi connectivity index (χ4v) is 5.25. The monoisotopic (exact) mass is 596 g/mol. The number of piperidine rings is 1. The van der Waals surface area contributed by atoms with Gasteiger partial charge in [0.25, 0.3) is 0 Å². The lowest BCUT2D eigenvalue weighted by atomic mass is 9.87. The molecule has 10 nitrogen and oxygen atoms in total. The zero-order valence-corrected chi connectivity index (χ0v) is 24.6. The molecule has 1 amide bonds. The molecule has 0 aliphatic carbocycles. The molecular weight excluding hydrogens is 561 g/mol. The number of ether oxygens (including phenoxy) is 1. The van der Waals surface area contributed by atoms with Crippen LogP contribution in [0, 0.1) is 0 Å². The number of hydrogen-bond donors (Lipinski definition) is 0. The number of likely N-dealkylation sites (tertiary alicyclic amines) is 1. The molecule has 0 N–H and O–H groups in total. The topological polar surface area (TPSA) is 101 Å². The van der Waals surface area contributed by atoms with E-state index in [1.807, 2.05) is 18.7 Å². The standard InChI is InChI=1S/C27H36ClF3N8O2/c1-7-22-12-24(13-23(8-2)39(22)26(40)41-17(3)4)37(15-19-9-20(27(29,30)31)11-21(28)10-19)25(32-6)33-14-18(5)38-16-34-35-36-38/h9-11,14,16-17,22-24H,6-8,12-13,15H2,1-5H3/b18-14+,33-25?/t22-,23+,24?. The maximum atomic E-state index is 13.6. The van der Waals surface area contributed by atoms with Gasteiger partial charge in [0.2, 0.25) is 5.96 Å². The Balaban J connectivity index is 2.05. The molecule has 3 atom stereocenters. The number of carbonyl (C=O) groups excluding carboxylic acids is 1. The van der Waals surface area contributed by atoms with E-state index in [0.717, 1.165) is 12.1 Å². The number of allylic oxidation sites excluding steroid dienone is 1. The van der Waals surface area contributed by atoms with Gasteiger partial charge in [-0.2, -0.15) is 13.2 Å². The summed E-state index contributed by atoms with van der Waals surface area (Å²) in [5.41, 5.74) is 0.0796. The molecule has 1 saturated heterocycles. The zero-order chi connectivity index (χ0) is 30.3. The fraction of sp³-hybridized carbons (Fsp3) is 0.556. The van der Waals surface area contributed by atoms with Crippen molar-refractivity contribution in [1.82, 2.24) is 30.0 Å². The van der Waals surface area contributed by atoms with Gasteiger partial charge in [-0.15, -0.1) is 5.10 Å². The van der Waals surface area contributed by atoms with Gasteiger partial charge in [0, 0.05) is 29.7 Å². The lowest BCUT2D eigenvalue weighted by Gasteiger charge is -2.47. The molecule has 14 heteroatoms. The summed E-state index contributed by atoms with van der Waals surface area (Å²) in [6, 6.07) is 2.91. The zero-order valence-electron chi connectivity index (χ0n) is 23.8. The fourth-order valence-electron chi connectivity index (χ4n) is 5.00. The Morgan fingerprint density at radius 2 is 1.90 bits per heavy atom. The molecule has 2 aromatic rings. The second-order valence-electron chi connectivity index (χ2n) is 10.2. The van der Waals surface area contributed by atoms with Crippen molar-refractivity contribution in [2.75, 3.05) is 0 Å². The highest BCUT2D eigenvalue weighted by molar-refractivity contribution is 6.30. The van der Waals surface area contributed by atoms with E-state index < -0.39 is 11.7 Å². The van der Waals surface area contributed by atoms with Crippen LogP contribution in [-0.2, 0) is 17.5 Å². The number of aromatic nitrogens is 4. The van der Waals surface area contributed by atoms with Crippen molar-refractivity contribution < 1.29 is 22.7 Å². The number of nitrogens with zero attached hydrogens (tertiary/aromatic N) is 8. The first-order valence-corrected chi connectivity index (χ1v) is 13.8. The van der Waals surface area contributed by atoms with Crippen molar-refractivity contribution in [3.05, 3.63) is 46.9 Å². The van der Waals surface area contributed by atoms with E-state index in [4.69, 9.17) is 16.3 Å². The van der Waals surface area contributed by atoms with E-state index in [9.17, 15) is 18.0 Å². The van der Waals surface area contributed by atoms with Crippen LogP contribution < -0.4 is 0 Å². The number of amides is 1. The van der Waals surface area contributed by atoms with Crippen LogP contribution >= 0.6 is 11.6 Å². The number of hydrogen-bond acceptors (Lipinski definition) is 6. The first kappa shape index (κ1) is 32.0. The molecule has 0 radical (unpaired) electrons. The maximum absolute atomic E-state index is 13.6. The normalized spacial score (nSPS) is 20.3. The average Bonchev–Trinajstić information content (AvgIpc) is 3.46. The molecule has 0 spiro atoms. The van der Waals surface area contributed by atoms with Gasteiger partial charge >= 0.3 is 12.3 Å². The summed E-state index contributed by atoms with van der Waals surface area (Å²) < 4.78 is 47.8. The van der Waals surface area contributed by atoms with Crippen LogP contribution in [0.1, 0.15) is 71.4 Å². The van der Waals surface area contributed by atoms with Crippen LogP contribution in [0.25, 0.3) is 5.70 Å². The van der Waals surface area contributed by atoms with E-state index in [2.05, 4.69) is 32.2 Å². The molecule has 1 unspecified atom stereocenters. The van der Waals surface area contributed by atoms with Gasteiger partial charge in [-0.3, -0.25) is 0 Å². The molecule has 0 saturated carbocycles. The second-order valence-corrected chi connectivity index (χ2v) is 10.6. The number of aliphatic imine (C=N–C) groups is 2. The summed E-state index contributed by atoms with van der Waals surface area (Å²) in [7, 11) is 0. The Morgan fingerprint density at radius 3 is 2.41 bits per heavy atom. The number of halogens is 4. The largest absolute Gasteiger partial charge is 0.447 e. The van der Waals surface area contributed by atoms with E-state index in [1.54, 1.807) is 25.7 Å². The minimum atomic E-state index is -4.56. The lowest BCUT2D eigenvalue weighted by Crippen LogP contribution is -2.57. The van der Waals surface area contributed by atoms with Crippen LogP contribution in [0.4, 0.5) is 18.0 Å². The van der Waals surface area contributed by atoms with Gasteiger partial charge in [0.05, 0.1) is 23.6 Å². The Hall–Kier alpha value is -3.48. The Kier molecular flexibility index (Phi) is 10.9. The summed E-state index contributed by atoms with van der Waals surface area (Å²) in [6.45, 7) is 13.1. The third-order valence-corrected chi connectivity index (χ3v) is 7.14. The van der Waals surface area contributed by atoms with E-state index in [1.165, 1.54) is 23.3 Å². The van der Waals surface area contributed by atoms with Crippen LogP contribution in [0.2, 0.25) is 5.02 Å². The number of rotatable bonds is 8. The molecule has 1 aliphatic heterocycles. The molecule has 2 heterocycles. The van der Waals surface area contributed by atoms with Gasteiger partial charge < -0.3 is 14.5 Å². The average molecular weight is 597 g/mol. The summed E-state index contributed by atoms with van der Waals surface area (Å²) in [4.78, 5) is 25.4. The lowest BCUT2D eigenvalue weighted by molar-refractivity contribution is -0.137. The van der Waals surface area contributed by atoms with Crippen LogP contribution in [0.5, 0.6) is 0 Å². The van der Waals surface area contributed by atoms with Gasteiger partial charge in [-0.25, -0.2) is 19.5 Å². The predicted octanol–water partition coefficient (Wildman–Crippen LogP) is 6.29. The predicted molar refractivity (Wildman–Crippen MR) is 151 cm³/mol. The Bertz CT molecular complexity index is 1240. The van der Waals surface area contributed by atoms with Gasteiger partial charge in [0.1, 0.15) is 6.33 Å². The van der Waals surface area contributed by atoms with Crippen LogP contribution in [0.3, 0.4) is 0 Å². The minimum Gasteiger partial charge on any atom is -0.447 e. The molecule has 1 aromatic heterocycles. The highest BCUT2D eigenvalue weighted by Gasteiger charge is 2.41. The Labute approximate surface area is 242 Å². The summed E-state index contributed by atoms with van der Waals surface area (Å²) in [6.07, 6.45) is 0.0945. The third-order valence-electron chi connectivity index (χ3n) is 6.92. The smallest absolute Gasteiger partial charge is 0.416 e. The van der Waals surface area contributed by atoms with Crippen molar-refractivity contribution in [1.29, 1.82) is 0 Å². The molecule has 224 valence electrons. The van der Waals surface area contributed by atoms with Crippen molar-refractivity contribution in [2.45, 2.75) is 97.3 Å². The first-order chi connectivity index (χ1) is 19.4. The summed E-state index contributed by atoms with van der Waals surface area (Å²) in [5.74, 6) is 0.207. The molecular formula is C27H36ClF3N8O2. The molecule has 1 aromatic carbocycles. The Morgan fingerprint density at radius 1 is 1.24 bits per heavy atom. The molecule has 3 rings (SSSR count). The quantitative estimate of drug-likeness (QED) is 0.262. The summed E-state index contributed by atoms with van der Waals surface area (Å²) in [5, 5.41) is 11.0. The molecule has 41 heavy (non-hydrogen) atoms. The SMILES string of the molecule is C=NC(=N/C=C(\C)n1cnnn1)N(Cc1cc(Cl)cc(C(F)(F)F)c1)C1C[C@@H](CC)N(C(=O)OC(C)C)[C@@H](CC)C1. The number of alkyl halides is 3. The van der Waals surface area contributed by atoms with Crippen molar-refractivity contribution in [3.8, 4) is 0 Å². The van der Waals surface area contributed by atoms with E-state index >= 15 is 0 Å². The molecule has 0 bridgehead atoms. The number of tetrazole rings is 1.